The molecule has 3 aliphatic carbocycles. The van der Waals surface area contributed by atoms with Crippen LogP contribution in [0.15, 0.2) is 212 Å². The molecule has 0 unspecified atom stereocenters. The Bertz CT molecular complexity index is 3090. The largest absolute Gasteiger partial charge is 0.310 e. The van der Waals surface area contributed by atoms with E-state index in [0.717, 1.165) is 17.1 Å². The number of para-hydroxylation sites is 1. The van der Waals surface area contributed by atoms with Crippen molar-refractivity contribution in [3.05, 3.63) is 246 Å². The van der Waals surface area contributed by atoms with Crippen molar-refractivity contribution >= 4 is 17.1 Å². The van der Waals surface area contributed by atoms with Crippen molar-refractivity contribution < 1.29 is 1.43 Å². The van der Waals surface area contributed by atoms with Crippen molar-refractivity contribution in [3.63, 3.8) is 0 Å². The molecular formula is C59H47N. The maximum absolute atomic E-state index is 2.47. The summed E-state index contributed by atoms with van der Waals surface area (Å²) in [4.78, 5) is 2.47. The topological polar surface area (TPSA) is 3.24 Å². The highest BCUT2D eigenvalue weighted by molar-refractivity contribution is 5.98. The summed E-state index contributed by atoms with van der Waals surface area (Å²) < 4.78 is 0. The molecule has 3 aliphatic rings. The third kappa shape index (κ3) is 4.93. The first-order chi connectivity index (χ1) is 29.0. The van der Waals surface area contributed by atoms with Gasteiger partial charge < -0.3 is 4.90 Å². The summed E-state index contributed by atoms with van der Waals surface area (Å²) in [6.45, 7) is 4.73. The first-order valence-electron chi connectivity index (χ1n) is 20.8. The first-order valence-corrected chi connectivity index (χ1v) is 20.8. The average Bonchev–Trinajstić information content (AvgIpc) is 3.85. The second-order valence-electron chi connectivity index (χ2n) is 16.8. The number of fused-ring (bicyclic) bond motifs is 13. The van der Waals surface area contributed by atoms with E-state index in [1.165, 1.54) is 89.0 Å². The van der Waals surface area contributed by atoms with Crippen LogP contribution in [0.5, 0.6) is 0 Å². The summed E-state index contributed by atoms with van der Waals surface area (Å²) in [6.07, 6.45) is 0. The number of anilines is 3. The Hall–Kier alpha value is -7.22. The summed E-state index contributed by atoms with van der Waals surface area (Å²) in [5.74, 6) is 0. The van der Waals surface area contributed by atoms with Gasteiger partial charge in [0.25, 0.3) is 0 Å². The third-order valence-corrected chi connectivity index (χ3v) is 13.5. The quantitative estimate of drug-likeness (QED) is 0.169. The maximum atomic E-state index is 2.47. The molecule has 0 aromatic heterocycles. The van der Waals surface area contributed by atoms with Crippen LogP contribution in [-0.2, 0) is 10.8 Å². The molecule has 9 aromatic carbocycles. The lowest BCUT2D eigenvalue weighted by Gasteiger charge is -2.31. The molecule has 0 N–H and O–H groups in total. The molecule has 0 aliphatic heterocycles. The highest BCUT2D eigenvalue weighted by atomic mass is 15.1. The van der Waals surface area contributed by atoms with Crippen LogP contribution in [-0.4, -0.2) is 0 Å². The minimum Gasteiger partial charge on any atom is -0.310 e. The van der Waals surface area contributed by atoms with Gasteiger partial charge in [-0.05, 0) is 120 Å². The SMILES string of the molecule is C.CC1(C)c2ccccc2-c2ccc(N(c3ccc(-c4ccccc4)cc3)c3ccccc3-c3ccc4c(c3)-c3ccccc3C43c4ccccc4-c4ccccc43)cc21.[HH]. The zero-order valence-electron chi connectivity index (χ0n) is 33.2. The van der Waals surface area contributed by atoms with Crippen molar-refractivity contribution in [2.75, 3.05) is 4.90 Å². The van der Waals surface area contributed by atoms with Crippen molar-refractivity contribution in [2.24, 2.45) is 0 Å². The van der Waals surface area contributed by atoms with Gasteiger partial charge in [-0.25, -0.2) is 0 Å². The molecule has 0 amide bonds. The number of hydrogen-bond acceptors (Lipinski definition) is 1. The highest BCUT2D eigenvalue weighted by Crippen LogP contribution is 2.63. The predicted octanol–water partition coefficient (Wildman–Crippen LogP) is 16.0. The molecule has 9 aromatic rings. The number of rotatable bonds is 5. The van der Waals surface area contributed by atoms with Gasteiger partial charge in [0.05, 0.1) is 11.1 Å². The van der Waals surface area contributed by atoms with Crippen molar-refractivity contribution in [2.45, 2.75) is 32.1 Å². The van der Waals surface area contributed by atoms with Gasteiger partial charge in [-0.15, -0.1) is 0 Å². The normalized spacial score (nSPS) is 14.0. The molecule has 0 heterocycles. The van der Waals surface area contributed by atoms with E-state index in [4.69, 9.17) is 0 Å². The summed E-state index contributed by atoms with van der Waals surface area (Å²) in [6, 6.07) is 79.1. The highest BCUT2D eigenvalue weighted by Gasteiger charge is 2.51. The van der Waals surface area contributed by atoms with E-state index in [9.17, 15) is 0 Å². The van der Waals surface area contributed by atoms with Gasteiger partial charge in [0.15, 0.2) is 0 Å². The number of hydrogen-bond donors (Lipinski definition) is 0. The van der Waals surface area contributed by atoms with Crippen LogP contribution in [0.3, 0.4) is 0 Å². The van der Waals surface area contributed by atoms with Crippen LogP contribution in [0.4, 0.5) is 17.1 Å². The van der Waals surface area contributed by atoms with Gasteiger partial charge in [-0.1, -0.05) is 197 Å². The molecule has 1 heteroatoms. The Morgan fingerprint density at radius 1 is 0.317 bits per heavy atom. The van der Waals surface area contributed by atoms with E-state index in [1.807, 2.05) is 0 Å². The summed E-state index contributed by atoms with van der Waals surface area (Å²) in [7, 11) is 0. The lowest BCUT2D eigenvalue weighted by Crippen LogP contribution is -2.25. The average molecular weight is 770 g/mol. The van der Waals surface area contributed by atoms with E-state index < -0.39 is 0 Å². The molecule has 0 radical (unpaired) electrons. The van der Waals surface area contributed by atoms with Crippen LogP contribution in [0.2, 0.25) is 0 Å². The zero-order valence-corrected chi connectivity index (χ0v) is 33.2. The summed E-state index contributed by atoms with van der Waals surface area (Å²) in [5, 5.41) is 0. The fraction of sp³-hybridized carbons (Fsp3) is 0.0847. The van der Waals surface area contributed by atoms with Gasteiger partial charge in [0.1, 0.15) is 0 Å². The van der Waals surface area contributed by atoms with Gasteiger partial charge in [-0.2, -0.15) is 0 Å². The molecule has 0 bridgehead atoms. The van der Waals surface area contributed by atoms with Crippen LogP contribution >= 0.6 is 0 Å². The molecule has 1 nitrogen and oxygen atoms in total. The van der Waals surface area contributed by atoms with E-state index in [1.54, 1.807) is 0 Å². The molecular weight excluding hydrogens is 723 g/mol. The summed E-state index contributed by atoms with van der Waals surface area (Å²) >= 11 is 0. The first kappa shape index (κ1) is 35.9. The minimum atomic E-state index is -0.363. The molecule has 0 saturated carbocycles. The van der Waals surface area contributed by atoms with E-state index in [-0.39, 0.29) is 19.7 Å². The molecule has 12 rings (SSSR count). The molecule has 288 valence electrons. The van der Waals surface area contributed by atoms with Gasteiger partial charge in [0.2, 0.25) is 0 Å². The van der Waals surface area contributed by atoms with Gasteiger partial charge in [-0.3, -0.25) is 0 Å². The van der Waals surface area contributed by atoms with Crippen molar-refractivity contribution in [1.82, 2.24) is 0 Å². The predicted molar refractivity (Wildman–Crippen MR) is 255 cm³/mol. The fourth-order valence-corrected chi connectivity index (χ4v) is 10.9. The maximum Gasteiger partial charge on any atom is 0.0725 e. The molecule has 0 atom stereocenters. The zero-order chi connectivity index (χ0) is 39.3. The Balaban J connectivity index is 0.00000223. The Morgan fingerprint density at radius 3 is 1.38 bits per heavy atom. The second kappa shape index (κ2) is 13.4. The van der Waals surface area contributed by atoms with Crippen LogP contribution in [0.1, 0.15) is 56.1 Å². The number of nitrogens with zero attached hydrogens (tertiary/aromatic N) is 1. The molecule has 60 heavy (non-hydrogen) atoms. The number of benzene rings is 9. The van der Waals surface area contributed by atoms with Crippen molar-refractivity contribution in [3.8, 4) is 55.6 Å². The smallest absolute Gasteiger partial charge is 0.0725 e. The molecule has 1 spiro atoms. The lowest BCUT2D eigenvalue weighted by atomic mass is 9.70. The van der Waals surface area contributed by atoms with Crippen LogP contribution in [0.25, 0.3) is 55.6 Å². The Kier molecular flexibility index (Phi) is 8.03. The fourth-order valence-electron chi connectivity index (χ4n) is 10.9. The standard InChI is InChI=1S/C58H41N.CH4.H2/c1-57(2)50-23-11-6-19-44(50)48-34-33-42(37-55(48)57)59(41-31-28-39(29-32-41)38-16-4-3-5-17-38)56-27-15-10-18-43(56)40-30-35-54-49(36-40)47-22-9-14-26-53(47)58(54)51-24-12-7-20-45(51)46-21-8-13-25-52(46)58;;/h3-37H,1-2H3;1H4;1H. The Labute approximate surface area is 355 Å². The van der Waals surface area contributed by atoms with E-state index in [2.05, 4.69) is 231 Å². The monoisotopic (exact) mass is 769 g/mol. The van der Waals surface area contributed by atoms with Crippen LogP contribution in [0, 0.1) is 0 Å². The minimum absolute atomic E-state index is 0. The van der Waals surface area contributed by atoms with Crippen molar-refractivity contribution in [1.29, 1.82) is 0 Å². The summed E-state index contributed by atoms with van der Waals surface area (Å²) in [5.41, 5.74) is 23.9. The van der Waals surface area contributed by atoms with E-state index in [0.29, 0.717) is 0 Å². The third-order valence-electron chi connectivity index (χ3n) is 13.5. The Morgan fingerprint density at radius 2 is 0.750 bits per heavy atom. The van der Waals surface area contributed by atoms with Crippen LogP contribution < -0.4 is 4.90 Å². The molecule has 0 fully saturated rings. The van der Waals surface area contributed by atoms with Gasteiger partial charge >= 0.3 is 0 Å². The second-order valence-corrected chi connectivity index (χ2v) is 16.8. The van der Waals surface area contributed by atoms with E-state index >= 15 is 0 Å². The lowest BCUT2D eigenvalue weighted by molar-refractivity contribution is 0.660. The van der Waals surface area contributed by atoms with Gasteiger partial charge in [0, 0.05) is 23.8 Å². The molecule has 0 saturated heterocycles.